The molecule has 1 aromatic rings. The molecule has 0 aliphatic rings. The van der Waals surface area contributed by atoms with Gasteiger partial charge in [-0.3, -0.25) is 0 Å². The molecule has 21 heavy (non-hydrogen) atoms. The average molecular weight is 333 g/mol. The molecule has 0 saturated carbocycles. The summed E-state index contributed by atoms with van der Waals surface area (Å²) in [6, 6.07) is 3.59. The maximum Gasteiger partial charge on any atom is 0.250 e. The predicted molar refractivity (Wildman–Crippen MR) is 90.4 cm³/mol. The van der Waals surface area contributed by atoms with Crippen molar-refractivity contribution < 1.29 is 8.42 Å². The maximum absolute atomic E-state index is 12.3. The Morgan fingerprint density at radius 2 is 1.90 bits per heavy atom. The molecule has 0 aromatic carbocycles. The first kappa shape index (κ1) is 18.6. The van der Waals surface area contributed by atoms with Crippen molar-refractivity contribution >= 4 is 21.4 Å². The molecule has 1 rings (SSSR count). The van der Waals surface area contributed by atoms with Crippen LogP contribution in [0.3, 0.4) is 0 Å². The molecule has 2 unspecified atom stereocenters. The Morgan fingerprint density at radius 1 is 1.19 bits per heavy atom. The summed E-state index contributed by atoms with van der Waals surface area (Å²) in [6.45, 7) is 10.1. The fraction of sp³-hybridized carbons (Fsp3) is 0.733. The van der Waals surface area contributed by atoms with Crippen LogP contribution >= 0.6 is 11.3 Å². The first-order chi connectivity index (χ1) is 9.90. The Hall–Kier alpha value is -0.430. The number of nitrogens with one attached hydrogen (secondary N) is 2. The molecule has 0 radical (unpaired) electrons. The number of rotatable bonds is 10. The van der Waals surface area contributed by atoms with E-state index in [0.29, 0.717) is 10.1 Å². The molecular formula is C15H28N2O2S2. The highest BCUT2D eigenvalue weighted by atomic mass is 32.2. The van der Waals surface area contributed by atoms with Crippen molar-refractivity contribution in [2.75, 3.05) is 13.1 Å². The molecule has 0 fully saturated rings. The second-order valence-electron chi connectivity index (χ2n) is 5.52. The van der Waals surface area contributed by atoms with E-state index in [9.17, 15) is 8.42 Å². The van der Waals surface area contributed by atoms with E-state index in [4.69, 9.17) is 0 Å². The molecule has 2 N–H and O–H groups in total. The molecule has 0 amide bonds. The summed E-state index contributed by atoms with van der Waals surface area (Å²) in [7, 11) is -3.38. The zero-order valence-electron chi connectivity index (χ0n) is 13.5. The van der Waals surface area contributed by atoms with Crippen LogP contribution in [-0.4, -0.2) is 27.5 Å². The Labute approximate surface area is 133 Å². The van der Waals surface area contributed by atoms with Crippen LogP contribution in [0.5, 0.6) is 0 Å². The van der Waals surface area contributed by atoms with Crippen LogP contribution in [0.1, 0.15) is 45.4 Å². The summed E-state index contributed by atoms with van der Waals surface area (Å²) in [6.07, 6.45) is 2.95. The fourth-order valence-electron chi connectivity index (χ4n) is 1.92. The Bertz CT molecular complexity index is 511. The topological polar surface area (TPSA) is 58.2 Å². The number of hydrogen-bond donors (Lipinski definition) is 2. The molecule has 122 valence electrons. The van der Waals surface area contributed by atoms with E-state index in [0.717, 1.165) is 37.2 Å². The van der Waals surface area contributed by atoms with Gasteiger partial charge in [0.25, 0.3) is 0 Å². The van der Waals surface area contributed by atoms with Crippen LogP contribution < -0.4 is 10.0 Å². The zero-order valence-corrected chi connectivity index (χ0v) is 15.1. The van der Waals surface area contributed by atoms with Gasteiger partial charge in [0.2, 0.25) is 10.0 Å². The summed E-state index contributed by atoms with van der Waals surface area (Å²) >= 11 is 1.37. The van der Waals surface area contributed by atoms with Gasteiger partial charge in [0.05, 0.1) is 0 Å². The van der Waals surface area contributed by atoms with Crippen LogP contribution in [0.15, 0.2) is 16.3 Å². The van der Waals surface area contributed by atoms with Gasteiger partial charge in [0.1, 0.15) is 4.21 Å². The van der Waals surface area contributed by atoms with Crippen molar-refractivity contribution in [2.24, 2.45) is 5.92 Å². The quantitative estimate of drug-likeness (QED) is 0.648. The van der Waals surface area contributed by atoms with Gasteiger partial charge in [0, 0.05) is 10.9 Å². The number of sulfonamides is 1. The normalized spacial score (nSPS) is 15.0. The van der Waals surface area contributed by atoms with Crippen LogP contribution in [0, 0.1) is 5.92 Å². The van der Waals surface area contributed by atoms with Gasteiger partial charge in [-0.25, -0.2) is 13.1 Å². The SMILES string of the molecule is CCCNCCc1ccc(S(=O)(=O)NC(C)C(C)CC)s1. The van der Waals surface area contributed by atoms with E-state index in [-0.39, 0.29) is 6.04 Å². The minimum Gasteiger partial charge on any atom is -0.316 e. The zero-order chi connectivity index (χ0) is 15.9. The lowest BCUT2D eigenvalue weighted by Crippen LogP contribution is -2.36. The van der Waals surface area contributed by atoms with Crippen molar-refractivity contribution in [3.8, 4) is 0 Å². The molecule has 2 atom stereocenters. The van der Waals surface area contributed by atoms with Crippen molar-refractivity contribution in [3.63, 3.8) is 0 Å². The monoisotopic (exact) mass is 332 g/mol. The predicted octanol–water partition coefficient (Wildman–Crippen LogP) is 3.00. The average Bonchev–Trinajstić information content (AvgIpc) is 2.92. The lowest BCUT2D eigenvalue weighted by Gasteiger charge is -2.19. The molecule has 0 spiro atoms. The molecule has 6 heteroatoms. The van der Waals surface area contributed by atoms with Crippen molar-refractivity contribution in [3.05, 3.63) is 17.0 Å². The van der Waals surface area contributed by atoms with Gasteiger partial charge in [0.15, 0.2) is 0 Å². The van der Waals surface area contributed by atoms with Crippen LogP contribution in [0.2, 0.25) is 0 Å². The lowest BCUT2D eigenvalue weighted by atomic mass is 10.0. The first-order valence-corrected chi connectivity index (χ1v) is 10.0. The molecule has 0 aliphatic carbocycles. The summed E-state index contributed by atoms with van der Waals surface area (Å²) in [5, 5.41) is 3.33. The second kappa shape index (κ2) is 8.88. The summed E-state index contributed by atoms with van der Waals surface area (Å²) in [4.78, 5) is 1.11. The van der Waals surface area contributed by atoms with E-state index >= 15 is 0 Å². The highest BCUT2D eigenvalue weighted by Gasteiger charge is 2.21. The van der Waals surface area contributed by atoms with E-state index in [1.54, 1.807) is 6.07 Å². The molecule has 1 aromatic heterocycles. The van der Waals surface area contributed by atoms with Gasteiger partial charge in [-0.15, -0.1) is 11.3 Å². The minimum absolute atomic E-state index is 0.0447. The van der Waals surface area contributed by atoms with E-state index in [2.05, 4.69) is 30.8 Å². The summed E-state index contributed by atoms with van der Waals surface area (Å²) in [5.41, 5.74) is 0. The van der Waals surface area contributed by atoms with Crippen molar-refractivity contribution in [2.45, 2.75) is 57.2 Å². The maximum atomic E-state index is 12.3. The van der Waals surface area contributed by atoms with Crippen molar-refractivity contribution in [1.82, 2.24) is 10.0 Å². The molecule has 0 aliphatic heterocycles. The molecule has 0 bridgehead atoms. The third-order valence-corrected chi connectivity index (χ3v) is 6.91. The number of hydrogen-bond acceptors (Lipinski definition) is 4. The Morgan fingerprint density at radius 3 is 2.52 bits per heavy atom. The van der Waals surface area contributed by atoms with Crippen molar-refractivity contribution in [1.29, 1.82) is 0 Å². The third kappa shape index (κ3) is 6.06. The van der Waals surface area contributed by atoms with Crippen LogP contribution in [-0.2, 0) is 16.4 Å². The highest BCUT2D eigenvalue weighted by molar-refractivity contribution is 7.91. The van der Waals surface area contributed by atoms with Gasteiger partial charge in [-0.2, -0.15) is 0 Å². The molecule has 0 saturated heterocycles. The van der Waals surface area contributed by atoms with Gasteiger partial charge in [-0.05, 0) is 50.9 Å². The van der Waals surface area contributed by atoms with Gasteiger partial charge in [-0.1, -0.05) is 27.2 Å². The van der Waals surface area contributed by atoms with Crippen LogP contribution in [0.4, 0.5) is 0 Å². The molecule has 1 heterocycles. The Balaban J connectivity index is 2.61. The van der Waals surface area contributed by atoms with E-state index in [1.807, 2.05) is 13.0 Å². The third-order valence-electron chi connectivity index (χ3n) is 3.72. The standard InChI is InChI=1S/C15H28N2O2S2/c1-5-10-16-11-9-14-7-8-15(20-14)21(18,19)17-13(4)12(3)6-2/h7-8,12-13,16-17H,5-6,9-11H2,1-4H3. The van der Waals surface area contributed by atoms with Gasteiger partial charge >= 0.3 is 0 Å². The number of thiophene rings is 1. The summed E-state index contributed by atoms with van der Waals surface area (Å²) < 4.78 is 27.9. The highest BCUT2D eigenvalue weighted by Crippen LogP contribution is 2.22. The largest absolute Gasteiger partial charge is 0.316 e. The second-order valence-corrected chi connectivity index (χ2v) is 8.63. The Kier molecular flexibility index (Phi) is 7.87. The minimum atomic E-state index is -3.38. The molecule has 4 nitrogen and oxygen atoms in total. The van der Waals surface area contributed by atoms with E-state index < -0.39 is 10.0 Å². The van der Waals surface area contributed by atoms with Crippen LogP contribution in [0.25, 0.3) is 0 Å². The molecular weight excluding hydrogens is 304 g/mol. The smallest absolute Gasteiger partial charge is 0.250 e. The fourth-order valence-corrected chi connectivity index (χ4v) is 4.65. The van der Waals surface area contributed by atoms with E-state index in [1.165, 1.54) is 11.3 Å². The first-order valence-electron chi connectivity index (χ1n) is 7.72. The summed E-state index contributed by atoms with van der Waals surface area (Å²) in [5.74, 6) is 0.331. The van der Waals surface area contributed by atoms with Gasteiger partial charge < -0.3 is 5.32 Å². The lowest BCUT2D eigenvalue weighted by molar-refractivity contribution is 0.434.